The van der Waals surface area contributed by atoms with Crippen molar-refractivity contribution >= 4 is 5.91 Å². The SMILES string of the molecule is CCCNC(C)(CC(C)N(CC)CCCN(C)C)C(N)=O. The van der Waals surface area contributed by atoms with Crippen LogP contribution in [0.1, 0.15) is 47.0 Å². The van der Waals surface area contributed by atoms with Crippen LogP contribution >= 0.6 is 0 Å². The van der Waals surface area contributed by atoms with Gasteiger partial charge in [-0.2, -0.15) is 0 Å². The van der Waals surface area contributed by atoms with Gasteiger partial charge in [-0.15, -0.1) is 0 Å². The van der Waals surface area contributed by atoms with E-state index < -0.39 is 5.54 Å². The molecule has 0 heterocycles. The number of primary amides is 1. The summed E-state index contributed by atoms with van der Waals surface area (Å²) in [5.74, 6) is -0.257. The van der Waals surface area contributed by atoms with Gasteiger partial charge in [-0.25, -0.2) is 0 Å². The van der Waals surface area contributed by atoms with Crippen LogP contribution in [-0.4, -0.2) is 67.6 Å². The molecule has 0 fully saturated rings. The van der Waals surface area contributed by atoms with Crippen LogP contribution in [0.15, 0.2) is 0 Å². The number of nitrogens with zero attached hydrogens (tertiary/aromatic N) is 2. The molecule has 0 aliphatic heterocycles. The van der Waals surface area contributed by atoms with Gasteiger partial charge in [-0.1, -0.05) is 13.8 Å². The molecule has 21 heavy (non-hydrogen) atoms. The Morgan fingerprint density at radius 3 is 2.33 bits per heavy atom. The Hall–Kier alpha value is -0.650. The largest absolute Gasteiger partial charge is 0.368 e. The van der Waals surface area contributed by atoms with E-state index in [1.165, 1.54) is 0 Å². The molecule has 2 unspecified atom stereocenters. The molecular weight excluding hydrogens is 264 g/mol. The van der Waals surface area contributed by atoms with Crippen molar-refractivity contribution in [3.8, 4) is 0 Å². The molecule has 1 amide bonds. The third kappa shape index (κ3) is 7.79. The summed E-state index contributed by atoms with van der Waals surface area (Å²) in [6.07, 6.45) is 2.89. The zero-order valence-corrected chi connectivity index (χ0v) is 14.9. The number of carbonyl (C=O) groups is 1. The van der Waals surface area contributed by atoms with Crippen molar-refractivity contribution < 1.29 is 4.79 Å². The van der Waals surface area contributed by atoms with E-state index in [1.807, 2.05) is 6.92 Å². The van der Waals surface area contributed by atoms with Gasteiger partial charge < -0.3 is 20.9 Å². The first-order chi connectivity index (χ1) is 9.76. The second-order valence-corrected chi connectivity index (χ2v) is 6.46. The molecule has 5 nitrogen and oxygen atoms in total. The number of nitrogens with one attached hydrogen (secondary N) is 1. The van der Waals surface area contributed by atoms with Crippen molar-refractivity contribution in [3.63, 3.8) is 0 Å². The van der Waals surface area contributed by atoms with Crippen LogP contribution in [0, 0.1) is 0 Å². The fourth-order valence-electron chi connectivity index (χ4n) is 2.66. The fourth-order valence-corrected chi connectivity index (χ4v) is 2.66. The molecule has 0 aliphatic carbocycles. The maximum Gasteiger partial charge on any atom is 0.237 e. The molecule has 5 heteroatoms. The van der Waals surface area contributed by atoms with Crippen LogP contribution in [0.4, 0.5) is 0 Å². The Labute approximate surface area is 131 Å². The van der Waals surface area contributed by atoms with Gasteiger partial charge in [0.25, 0.3) is 0 Å². The number of hydrogen-bond donors (Lipinski definition) is 2. The van der Waals surface area contributed by atoms with Crippen molar-refractivity contribution in [1.29, 1.82) is 0 Å². The Morgan fingerprint density at radius 2 is 1.90 bits per heavy atom. The lowest BCUT2D eigenvalue weighted by atomic mass is 9.91. The molecule has 2 atom stereocenters. The zero-order valence-electron chi connectivity index (χ0n) is 14.9. The summed E-state index contributed by atoms with van der Waals surface area (Å²) in [6, 6.07) is 0.332. The average molecular weight is 300 g/mol. The number of carbonyl (C=O) groups excluding carboxylic acids is 1. The van der Waals surface area contributed by atoms with Crippen LogP contribution in [0.5, 0.6) is 0 Å². The van der Waals surface area contributed by atoms with Crippen molar-refractivity contribution in [2.24, 2.45) is 5.73 Å². The van der Waals surface area contributed by atoms with Gasteiger partial charge in [0.15, 0.2) is 0 Å². The molecule has 0 aliphatic rings. The standard InChI is InChI=1S/C16H36N4O/c1-7-10-18-16(4,15(17)21)13-14(3)20(8-2)12-9-11-19(5)6/h14,18H,7-13H2,1-6H3,(H2,17,21). The monoisotopic (exact) mass is 300 g/mol. The number of nitrogens with two attached hydrogens (primary N) is 1. The lowest BCUT2D eigenvalue weighted by molar-refractivity contribution is -0.124. The van der Waals surface area contributed by atoms with Crippen LogP contribution in [0.2, 0.25) is 0 Å². The first-order valence-corrected chi connectivity index (χ1v) is 8.20. The molecule has 0 rings (SSSR count). The fraction of sp³-hybridized carbons (Fsp3) is 0.938. The van der Waals surface area contributed by atoms with Gasteiger partial charge in [0.1, 0.15) is 0 Å². The zero-order chi connectivity index (χ0) is 16.5. The number of amides is 1. The molecule has 3 N–H and O–H groups in total. The van der Waals surface area contributed by atoms with Crippen molar-refractivity contribution in [2.75, 3.05) is 40.3 Å². The predicted octanol–water partition coefficient (Wildman–Crippen LogP) is 1.28. The Balaban J connectivity index is 4.55. The van der Waals surface area contributed by atoms with Crippen LogP contribution in [0.25, 0.3) is 0 Å². The molecule has 0 spiro atoms. The van der Waals surface area contributed by atoms with E-state index in [0.717, 1.165) is 45.4 Å². The molecule has 0 aromatic heterocycles. The summed E-state index contributed by atoms with van der Waals surface area (Å²) >= 11 is 0. The van der Waals surface area contributed by atoms with E-state index >= 15 is 0 Å². The molecule has 0 aromatic carbocycles. The van der Waals surface area contributed by atoms with E-state index in [9.17, 15) is 4.79 Å². The van der Waals surface area contributed by atoms with Crippen molar-refractivity contribution in [2.45, 2.75) is 58.5 Å². The Morgan fingerprint density at radius 1 is 1.29 bits per heavy atom. The Bertz CT molecular complexity index is 296. The quantitative estimate of drug-likeness (QED) is 0.570. The molecule has 126 valence electrons. The summed E-state index contributed by atoms with van der Waals surface area (Å²) in [5.41, 5.74) is 4.99. The summed E-state index contributed by atoms with van der Waals surface area (Å²) in [7, 11) is 4.19. The highest BCUT2D eigenvalue weighted by Gasteiger charge is 2.33. The second kappa shape index (κ2) is 10.1. The molecule has 0 aromatic rings. The smallest absolute Gasteiger partial charge is 0.237 e. The van der Waals surface area contributed by atoms with Crippen molar-refractivity contribution in [1.82, 2.24) is 15.1 Å². The molecule has 0 radical (unpaired) electrons. The average Bonchev–Trinajstić information content (AvgIpc) is 2.40. The van der Waals surface area contributed by atoms with E-state index in [0.29, 0.717) is 6.04 Å². The van der Waals surface area contributed by atoms with Crippen LogP contribution < -0.4 is 11.1 Å². The maximum atomic E-state index is 11.8. The van der Waals surface area contributed by atoms with Gasteiger partial charge in [-0.3, -0.25) is 4.79 Å². The van der Waals surface area contributed by atoms with Crippen LogP contribution in [0.3, 0.4) is 0 Å². The van der Waals surface area contributed by atoms with E-state index in [-0.39, 0.29) is 5.91 Å². The minimum absolute atomic E-state index is 0.257. The van der Waals surface area contributed by atoms with Gasteiger partial charge in [0.2, 0.25) is 5.91 Å². The normalized spacial score (nSPS) is 16.2. The number of hydrogen-bond acceptors (Lipinski definition) is 4. The minimum atomic E-state index is -0.621. The highest BCUT2D eigenvalue weighted by molar-refractivity contribution is 5.84. The topological polar surface area (TPSA) is 61.6 Å². The maximum absolute atomic E-state index is 11.8. The summed E-state index contributed by atoms with van der Waals surface area (Å²) in [4.78, 5) is 16.4. The van der Waals surface area contributed by atoms with Gasteiger partial charge >= 0.3 is 0 Å². The molecule has 0 bridgehead atoms. The van der Waals surface area contributed by atoms with E-state index in [2.05, 4.69) is 50.0 Å². The van der Waals surface area contributed by atoms with E-state index in [4.69, 9.17) is 5.73 Å². The summed E-state index contributed by atoms with van der Waals surface area (Å²) < 4.78 is 0. The predicted molar refractivity (Wildman–Crippen MR) is 90.4 cm³/mol. The molecule has 0 saturated carbocycles. The first kappa shape index (κ1) is 20.3. The first-order valence-electron chi connectivity index (χ1n) is 8.20. The third-order valence-corrected chi connectivity index (χ3v) is 4.09. The summed E-state index contributed by atoms with van der Waals surface area (Å²) in [6.45, 7) is 12.3. The highest BCUT2D eigenvalue weighted by Crippen LogP contribution is 2.17. The Kier molecular flexibility index (Phi) is 9.83. The molecule has 0 saturated heterocycles. The van der Waals surface area contributed by atoms with Crippen molar-refractivity contribution in [3.05, 3.63) is 0 Å². The lowest BCUT2D eigenvalue weighted by Crippen LogP contribution is -2.56. The van der Waals surface area contributed by atoms with Gasteiger partial charge in [0.05, 0.1) is 5.54 Å². The second-order valence-electron chi connectivity index (χ2n) is 6.46. The van der Waals surface area contributed by atoms with Gasteiger partial charge in [0, 0.05) is 6.04 Å². The van der Waals surface area contributed by atoms with Crippen LogP contribution in [-0.2, 0) is 4.79 Å². The summed E-state index contributed by atoms with van der Waals surface area (Å²) in [5, 5.41) is 3.32. The van der Waals surface area contributed by atoms with Gasteiger partial charge in [-0.05, 0) is 73.4 Å². The minimum Gasteiger partial charge on any atom is -0.368 e. The third-order valence-electron chi connectivity index (χ3n) is 4.09. The molecular formula is C16H36N4O. The highest BCUT2D eigenvalue weighted by atomic mass is 16.1. The lowest BCUT2D eigenvalue weighted by Gasteiger charge is -2.35. The number of rotatable bonds is 12. The van der Waals surface area contributed by atoms with E-state index in [1.54, 1.807) is 0 Å².